The quantitative estimate of drug-likeness (QED) is 0.280. The van der Waals surface area contributed by atoms with Crippen LogP contribution in [0.5, 0.6) is 0 Å². The van der Waals surface area contributed by atoms with Gasteiger partial charge in [-0.25, -0.2) is 0 Å². The van der Waals surface area contributed by atoms with Gasteiger partial charge in [-0.3, -0.25) is 4.79 Å². The Labute approximate surface area is 64.2 Å². The molecule has 0 spiro atoms. The van der Waals surface area contributed by atoms with Gasteiger partial charge in [0, 0.05) is 17.1 Å². The third-order valence-electron chi connectivity index (χ3n) is 0. The van der Waals surface area contributed by atoms with Gasteiger partial charge in [0.1, 0.15) is 0 Å². The van der Waals surface area contributed by atoms with Crippen molar-refractivity contribution in [3.05, 3.63) is 0 Å². The zero-order valence-corrected chi connectivity index (χ0v) is 5.68. The van der Waals surface area contributed by atoms with Gasteiger partial charge in [-0.15, -0.1) is 0 Å². The van der Waals surface area contributed by atoms with Gasteiger partial charge >= 0.3 is 29.6 Å². The molecular formula is CH3CuNaO2. The van der Waals surface area contributed by atoms with Crippen molar-refractivity contribution in [2.75, 3.05) is 0 Å². The molecule has 0 aromatic heterocycles. The number of hydrogen-bond acceptors (Lipinski definition) is 1. The molecule has 4 heteroatoms. The molecule has 0 unspecified atom stereocenters. The van der Waals surface area contributed by atoms with Crippen molar-refractivity contribution < 1.29 is 58.0 Å². The van der Waals surface area contributed by atoms with Crippen molar-refractivity contribution >= 4 is 6.47 Å². The van der Waals surface area contributed by atoms with E-state index in [0.29, 0.717) is 0 Å². The standard InChI is InChI=1S/CH2O2.Cu.Na.H/c2-1-3;;;/h1H,(H,2,3);;;/q;;+1;-1. The second kappa shape index (κ2) is 20.1. The van der Waals surface area contributed by atoms with Gasteiger partial charge in [-0.2, -0.15) is 0 Å². The first-order chi connectivity index (χ1) is 1.41. The van der Waals surface area contributed by atoms with E-state index in [2.05, 4.69) is 0 Å². The monoisotopic (exact) mass is 133 g/mol. The van der Waals surface area contributed by atoms with Gasteiger partial charge in [0.05, 0.1) is 0 Å². The van der Waals surface area contributed by atoms with Crippen LogP contribution >= 0.6 is 0 Å². The minimum absolute atomic E-state index is 0. The molecule has 0 amide bonds. The second-order valence-electron chi connectivity index (χ2n) is 0.105. The third kappa shape index (κ3) is 45.5. The smallest absolute Gasteiger partial charge is 1.00 e. The molecule has 0 atom stereocenters. The van der Waals surface area contributed by atoms with Crippen LogP contribution in [-0.2, 0) is 21.9 Å². The van der Waals surface area contributed by atoms with Gasteiger partial charge in [0.15, 0.2) is 0 Å². The van der Waals surface area contributed by atoms with Crippen LogP contribution in [0.25, 0.3) is 0 Å². The van der Waals surface area contributed by atoms with Crippen LogP contribution in [0.15, 0.2) is 0 Å². The molecule has 0 aliphatic rings. The molecule has 0 saturated carbocycles. The molecule has 0 aliphatic heterocycles. The first-order valence-corrected chi connectivity index (χ1v) is 0.494. The van der Waals surface area contributed by atoms with Crippen molar-refractivity contribution in [1.82, 2.24) is 0 Å². The van der Waals surface area contributed by atoms with Crippen molar-refractivity contribution in [3.63, 3.8) is 0 Å². The largest absolute Gasteiger partial charge is 1.00 e. The Morgan fingerprint density at radius 2 is 1.80 bits per heavy atom. The fourth-order valence-corrected chi connectivity index (χ4v) is 0. The summed E-state index contributed by atoms with van der Waals surface area (Å²) >= 11 is 0. The van der Waals surface area contributed by atoms with E-state index in [0.717, 1.165) is 0 Å². The van der Waals surface area contributed by atoms with E-state index in [1.807, 2.05) is 0 Å². The van der Waals surface area contributed by atoms with Gasteiger partial charge < -0.3 is 6.53 Å². The molecular weight excluding hydrogens is 131 g/mol. The first kappa shape index (κ1) is 16.7. The summed E-state index contributed by atoms with van der Waals surface area (Å²) in [5.41, 5.74) is 0. The van der Waals surface area contributed by atoms with E-state index in [-0.39, 0.29) is 54.5 Å². The van der Waals surface area contributed by atoms with Crippen LogP contribution in [0.1, 0.15) is 1.43 Å². The van der Waals surface area contributed by atoms with Gasteiger partial charge in [0.25, 0.3) is 6.47 Å². The molecule has 0 heterocycles. The van der Waals surface area contributed by atoms with Crippen LogP contribution in [-0.4, -0.2) is 11.6 Å². The van der Waals surface area contributed by atoms with Gasteiger partial charge in [-0.1, -0.05) is 0 Å². The van der Waals surface area contributed by atoms with E-state index in [1.54, 1.807) is 0 Å². The fourth-order valence-electron chi connectivity index (χ4n) is 0. The van der Waals surface area contributed by atoms with Crippen LogP contribution < -0.4 is 29.6 Å². The molecule has 0 aromatic carbocycles. The van der Waals surface area contributed by atoms with E-state index in [9.17, 15) is 0 Å². The van der Waals surface area contributed by atoms with Gasteiger partial charge in [-0.05, 0) is 0 Å². The molecule has 5 heavy (non-hydrogen) atoms. The molecule has 1 N–H and O–H groups in total. The van der Waals surface area contributed by atoms with E-state index in [4.69, 9.17) is 9.90 Å². The minimum atomic E-state index is -0.250. The molecule has 0 rings (SSSR count). The van der Waals surface area contributed by atoms with Crippen LogP contribution in [0.2, 0.25) is 0 Å². The summed E-state index contributed by atoms with van der Waals surface area (Å²) in [5.74, 6) is 0. The summed E-state index contributed by atoms with van der Waals surface area (Å²) in [6.45, 7) is -0.250. The SMILES string of the molecule is O=CO.[Cu].[H-].[Na+]. The van der Waals surface area contributed by atoms with Crippen molar-refractivity contribution in [2.45, 2.75) is 0 Å². The molecule has 31 valence electrons. The van der Waals surface area contributed by atoms with E-state index < -0.39 is 0 Å². The molecule has 2 nitrogen and oxygen atoms in total. The van der Waals surface area contributed by atoms with Gasteiger partial charge in [0.2, 0.25) is 0 Å². The molecule has 0 aliphatic carbocycles. The molecule has 0 aromatic rings. The number of carboxylic acid groups (broad SMARTS) is 1. The van der Waals surface area contributed by atoms with Crippen molar-refractivity contribution in [1.29, 1.82) is 0 Å². The third-order valence-corrected chi connectivity index (χ3v) is 0. The number of rotatable bonds is 0. The zero-order chi connectivity index (χ0) is 2.71. The summed E-state index contributed by atoms with van der Waals surface area (Å²) in [5, 5.41) is 6.89. The molecule has 0 bridgehead atoms. The van der Waals surface area contributed by atoms with Crippen LogP contribution in [0.3, 0.4) is 0 Å². The maximum atomic E-state index is 8.36. The Bertz CT molecular complexity index is 21.0. The first-order valence-electron chi connectivity index (χ1n) is 0.494. The topological polar surface area (TPSA) is 37.3 Å². The average Bonchev–Trinajstić information content (AvgIpc) is 0.918. The summed E-state index contributed by atoms with van der Waals surface area (Å²) in [7, 11) is 0. The Kier molecular flexibility index (Phi) is 66.9. The second-order valence-corrected chi connectivity index (χ2v) is 0.105. The Balaban J connectivity index is -0.00000000667. The summed E-state index contributed by atoms with van der Waals surface area (Å²) < 4.78 is 0. The predicted molar refractivity (Wildman–Crippen MR) is 9.80 cm³/mol. The summed E-state index contributed by atoms with van der Waals surface area (Å²) in [6.07, 6.45) is 0. The fraction of sp³-hybridized carbons (Fsp3) is 0. The Hall–Kier alpha value is 0.989. The normalized spacial score (nSPS) is 2.40. The van der Waals surface area contributed by atoms with E-state index in [1.165, 1.54) is 0 Å². The summed E-state index contributed by atoms with van der Waals surface area (Å²) in [6, 6.07) is 0. The average molecular weight is 134 g/mol. The van der Waals surface area contributed by atoms with E-state index >= 15 is 0 Å². The maximum Gasteiger partial charge on any atom is 1.00 e. The summed E-state index contributed by atoms with van der Waals surface area (Å²) in [4.78, 5) is 8.36. The van der Waals surface area contributed by atoms with Crippen LogP contribution in [0, 0.1) is 0 Å². The molecule has 0 fully saturated rings. The number of carbonyl (C=O) groups is 1. The Morgan fingerprint density at radius 3 is 1.80 bits per heavy atom. The predicted octanol–water partition coefficient (Wildman–Crippen LogP) is -3.19. The van der Waals surface area contributed by atoms with Crippen molar-refractivity contribution in [3.8, 4) is 0 Å². The van der Waals surface area contributed by atoms with Crippen molar-refractivity contribution in [2.24, 2.45) is 0 Å². The van der Waals surface area contributed by atoms with Crippen LogP contribution in [0.4, 0.5) is 0 Å². The number of hydrogen-bond donors (Lipinski definition) is 1. The zero-order valence-electron chi connectivity index (χ0n) is 3.73. The maximum absolute atomic E-state index is 8.36. The Morgan fingerprint density at radius 1 is 1.80 bits per heavy atom. The molecule has 0 saturated heterocycles. The molecule has 1 radical (unpaired) electrons. The minimum Gasteiger partial charge on any atom is -1.00 e.